The van der Waals surface area contributed by atoms with E-state index in [1.54, 1.807) is 18.9 Å². The summed E-state index contributed by atoms with van der Waals surface area (Å²) in [4.78, 5) is 1.27. The molecule has 2 aromatic rings. The van der Waals surface area contributed by atoms with Crippen LogP contribution in [0.1, 0.15) is 5.56 Å². The predicted octanol–water partition coefficient (Wildman–Crippen LogP) is 4.68. The van der Waals surface area contributed by atoms with Gasteiger partial charge >= 0.3 is 0 Å². The minimum absolute atomic E-state index is 0.696. The first-order chi connectivity index (χ1) is 9.22. The van der Waals surface area contributed by atoms with Crippen molar-refractivity contribution >= 4 is 29.1 Å². The zero-order valence-electron chi connectivity index (χ0n) is 10.9. The third-order valence-corrected chi connectivity index (χ3v) is 3.89. The molecule has 0 bridgehead atoms. The number of methoxy groups -OCH3 is 1. The van der Waals surface area contributed by atoms with Crippen LogP contribution in [0, 0.1) is 0 Å². The molecule has 0 amide bonds. The monoisotopic (exact) mass is 293 g/mol. The van der Waals surface area contributed by atoms with Crippen molar-refractivity contribution in [3.8, 4) is 5.75 Å². The summed E-state index contributed by atoms with van der Waals surface area (Å²) in [5.41, 5.74) is 2.10. The van der Waals surface area contributed by atoms with Gasteiger partial charge in [-0.25, -0.2) is 0 Å². The number of anilines is 1. The van der Waals surface area contributed by atoms with Crippen molar-refractivity contribution in [2.45, 2.75) is 11.4 Å². The molecule has 2 nitrogen and oxygen atoms in total. The Hall–Kier alpha value is -1.32. The Bertz CT molecular complexity index is 542. The lowest BCUT2D eigenvalue weighted by Gasteiger charge is -2.10. The van der Waals surface area contributed by atoms with Crippen molar-refractivity contribution in [1.82, 2.24) is 0 Å². The largest absolute Gasteiger partial charge is 0.497 e. The number of hydrogen-bond donors (Lipinski definition) is 1. The second-order valence-corrected chi connectivity index (χ2v) is 5.33. The molecule has 0 atom stereocenters. The Kier molecular flexibility index (Phi) is 5.00. The van der Waals surface area contributed by atoms with E-state index in [1.807, 2.05) is 18.2 Å². The smallest absolute Gasteiger partial charge is 0.121 e. The van der Waals surface area contributed by atoms with Crippen LogP contribution in [-0.2, 0) is 6.54 Å². The Morgan fingerprint density at radius 3 is 2.53 bits per heavy atom. The van der Waals surface area contributed by atoms with Gasteiger partial charge in [-0.15, -0.1) is 11.8 Å². The number of rotatable bonds is 5. The van der Waals surface area contributed by atoms with Crippen LogP contribution in [-0.4, -0.2) is 13.4 Å². The topological polar surface area (TPSA) is 21.3 Å². The molecule has 0 aliphatic heterocycles. The van der Waals surface area contributed by atoms with Gasteiger partial charge in [0, 0.05) is 17.5 Å². The molecule has 0 aliphatic rings. The van der Waals surface area contributed by atoms with Gasteiger partial charge in [-0.05, 0) is 36.1 Å². The summed E-state index contributed by atoms with van der Waals surface area (Å²) >= 11 is 7.89. The minimum Gasteiger partial charge on any atom is -0.497 e. The quantitative estimate of drug-likeness (QED) is 0.809. The van der Waals surface area contributed by atoms with E-state index in [0.717, 1.165) is 18.0 Å². The normalized spacial score (nSPS) is 10.3. The van der Waals surface area contributed by atoms with Gasteiger partial charge < -0.3 is 10.1 Å². The third-order valence-electron chi connectivity index (χ3n) is 2.82. The highest BCUT2D eigenvalue weighted by molar-refractivity contribution is 7.98. The Labute approximate surface area is 123 Å². The molecule has 0 radical (unpaired) electrons. The number of nitrogens with one attached hydrogen (secondary N) is 1. The van der Waals surface area contributed by atoms with Crippen LogP contribution in [0.4, 0.5) is 5.69 Å². The average Bonchev–Trinajstić information content (AvgIpc) is 2.47. The molecule has 19 heavy (non-hydrogen) atoms. The number of benzene rings is 2. The van der Waals surface area contributed by atoms with E-state index in [9.17, 15) is 0 Å². The molecule has 4 heteroatoms. The summed E-state index contributed by atoms with van der Waals surface area (Å²) in [6.45, 7) is 0.738. The van der Waals surface area contributed by atoms with Crippen LogP contribution in [0.5, 0.6) is 5.75 Å². The highest BCUT2D eigenvalue weighted by Crippen LogP contribution is 2.27. The zero-order valence-corrected chi connectivity index (χ0v) is 12.5. The molecule has 100 valence electrons. The standard InChI is InChI=1S/C15H16ClNOS/c1-18-12-5-8-14(16)15(9-12)17-10-11-3-6-13(19-2)7-4-11/h3-9,17H,10H2,1-2H3. The van der Waals surface area contributed by atoms with Gasteiger partial charge in [0.25, 0.3) is 0 Å². The van der Waals surface area contributed by atoms with Crippen LogP contribution in [0.2, 0.25) is 5.02 Å². The van der Waals surface area contributed by atoms with Crippen LogP contribution in [0.25, 0.3) is 0 Å². The fraction of sp³-hybridized carbons (Fsp3) is 0.200. The predicted molar refractivity (Wildman–Crippen MR) is 83.6 cm³/mol. The van der Waals surface area contributed by atoms with Crippen LogP contribution in [0.15, 0.2) is 47.4 Å². The summed E-state index contributed by atoms with van der Waals surface area (Å²) < 4.78 is 5.19. The van der Waals surface area contributed by atoms with Crippen molar-refractivity contribution in [3.63, 3.8) is 0 Å². The molecular formula is C15H16ClNOS. The van der Waals surface area contributed by atoms with Gasteiger partial charge in [0.15, 0.2) is 0 Å². The first-order valence-electron chi connectivity index (χ1n) is 5.93. The van der Waals surface area contributed by atoms with Crippen LogP contribution in [0.3, 0.4) is 0 Å². The molecule has 0 saturated carbocycles. The fourth-order valence-electron chi connectivity index (χ4n) is 1.71. The molecule has 0 heterocycles. The summed E-state index contributed by atoms with van der Waals surface area (Å²) in [6.07, 6.45) is 2.07. The van der Waals surface area contributed by atoms with Crippen molar-refractivity contribution in [2.75, 3.05) is 18.7 Å². The molecule has 0 fully saturated rings. The first kappa shape index (κ1) is 14.1. The number of hydrogen-bond acceptors (Lipinski definition) is 3. The lowest BCUT2D eigenvalue weighted by molar-refractivity contribution is 0.415. The second-order valence-electron chi connectivity index (χ2n) is 4.05. The Morgan fingerprint density at radius 1 is 1.16 bits per heavy atom. The molecule has 0 saturated heterocycles. The molecule has 1 N–H and O–H groups in total. The molecule has 2 rings (SSSR count). The fourth-order valence-corrected chi connectivity index (χ4v) is 2.30. The van der Waals surface area contributed by atoms with E-state index in [4.69, 9.17) is 16.3 Å². The Morgan fingerprint density at radius 2 is 1.89 bits per heavy atom. The summed E-state index contributed by atoms with van der Waals surface area (Å²) in [5.74, 6) is 0.796. The maximum Gasteiger partial charge on any atom is 0.121 e. The van der Waals surface area contributed by atoms with E-state index >= 15 is 0 Å². The Balaban J connectivity index is 2.05. The third kappa shape index (κ3) is 3.82. The average molecular weight is 294 g/mol. The van der Waals surface area contributed by atoms with Crippen molar-refractivity contribution in [3.05, 3.63) is 53.1 Å². The summed E-state index contributed by atoms with van der Waals surface area (Å²) in [6, 6.07) is 14.1. The molecule has 2 aromatic carbocycles. The van der Waals surface area contributed by atoms with Crippen LogP contribution >= 0.6 is 23.4 Å². The molecule has 0 spiro atoms. The van der Waals surface area contributed by atoms with Gasteiger partial charge in [0.1, 0.15) is 5.75 Å². The second kappa shape index (κ2) is 6.73. The summed E-state index contributed by atoms with van der Waals surface area (Å²) in [7, 11) is 1.65. The van der Waals surface area contributed by atoms with Crippen molar-refractivity contribution in [2.24, 2.45) is 0 Å². The van der Waals surface area contributed by atoms with Crippen LogP contribution < -0.4 is 10.1 Å². The van der Waals surface area contributed by atoms with Gasteiger partial charge in [-0.3, -0.25) is 0 Å². The number of thioether (sulfide) groups is 1. The van der Waals surface area contributed by atoms with Gasteiger partial charge in [-0.2, -0.15) is 0 Å². The zero-order chi connectivity index (χ0) is 13.7. The SMILES string of the molecule is COc1ccc(Cl)c(NCc2ccc(SC)cc2)c1. The molecule has 0 aliphatic carbocycles. The molecule has 0 aromatic heterocycles. The van der Waals surface area contributed by atoms with E-state index < -0.39 is 0 Å². The lowest BCUT2D eigenvalue weighted by Crippen LogP contribution is -2.00. The number of ether oxygens (including phenoxy) is 1. The highest BCUT2D eigenvalue weighted by atomic mass is 35.5. The van der Waals surface area contributed by atoms with E-state index in [0.29, 0.717) is 5.02 Å². The molecule has 0 unspecified atom stereocenters. The van der Waals surface area contributed by atoms with E-state index in [1.165, 1.54) is 10.5 Å². The maximum atomic E-state index is 6.15. The summed E-state index contributed by atoms with van der Waals surface area (Å²) in [5, 5.41) is 4.02. The van der Waals surface area contributed by atoms with Gasteiger partial charge in [-0.1, -0.05) is 23.7 Å². The first-order valence-corrected chi connectivity index (χ1v) is 7.53. The van der Waals surface area contributed by atoms with E-state index in [-0.39, 0.29) is 0 Å². The maximum absolute atomic E-state index is 6.15. The highest BCUT2D eigenvalue weighted by Gasteiger charge is 2.02. The van der Waals surface area contributed by atoms with Gasteiger partial charge in [0.05, 0.1) is 17.8 Å². The lowest BCUT2D eigenvalue weighted by atomic mass is 10.2. The number of halogens is 1. The van der Waals surface area contributed by atoms with Crippen molar-refractivity contribution in [1.29, 1.82) is 0 Å². The van der Waals surface area contributed by atoms with Crippen molar-refractivity contribution < 1.29 is 4.74 Å². The molecular weight excluding hydrogens is 278 g/mol. The minimum atomic E-state index is 0.696. The van der Waals surface area contributed by atoms with Gasteiger partial charge in [0.2, 0.25) is 0 Å². The van der Waals surface area contributed by atoms with E-state index in [2.05, 4.69) is 35.8 Å².